The Kier molecular flexibility index (Phi) is 6.95. The van der Waals surface area contributed by atoms with Gasteiger partial charge in [-0.25, -0.2) is 13.3 Å². The molecule has 0 saturated carbocycles. The van der Waals surface area contributed by atoms with Crippen molar-refractivity contribution in [1.29, 1.82) is 0 Å². The fraction of sp³-hybridized carbons (Fsp3) is 0.667. The molecule has 3 nitrogen and oxygen atoms in total. The van der Waals surface area contributed by atoms with Crippen LogP contribution in [-0.4, -0.2) is 23.9 Å². The summed E-state index contributed by atoms with van der Waals surface area (Å²) in [6, 6.07) is 6.16. The van der Waals surface area contributed by atoms with Crippen LogP contribution in [0, 0.1) is 5.82 Å². The van der Waals surface area contributed by atoms with Gasteiger partial charge in [0.15, 0.2) is 8.32 Å². The van der Waals surface area contributed by atoms with Crippen LogP contribution in [0.5, 0.6) is 0 Å². The van der Waals surface area contributed by atoms with E-state index in [0.29, 0.717) is 12.2 Å². The zero-order chi connectivity index (χ0) is 18.8. The molecule has 2 atom stereocenters. The number of nitrogens with one attached hydrogen (secondary N) is 1. The average Bonchev–Trinajstić information content (AvgIpc) is 2.41. The Labute approximate surface area is 150 Å². The van der Waals surface area contributed by atoms with Gasteiger partial charge >= 0.3 is 0 Å². The Morgan fingerprint density at radius 2 is 1.71 bits per heavy atom. The van der Waals surface area contributed by atoms with Crippen molar-refractivity contribution in [3.8, 4) is 0 Å². The molecule has 0 aliphatic carbocycles. The lowest BCUT2D eigenvalue weighted by Gasteiger charge is -2.37. The first-order valence-corrected chi connectivity index (χ1v) is 12.4. The maximum absolute atomic E-state index is 14.3. The fourth-order valence-electron chi connectivity index (χ4n) is 1.76. The molecule has 0 bridgehead atoms. The molecular formula is C18H32FNO2SSi. The molecule has 0 fully saturated rings. The monoisotopic (exact) mass is 373 g/mol. The van der Waals surface area contributed by atoms with Gasteiger partial charge in [0.25, 0.3) is 0 Å². The highest BCUT2D eigenvalue weighted by Crippen LogP contribution is 2.37. The highest BCUT2D eigenvalue weighted by atomic mass is 32.2. The summed E-state index contributed by atoms with van der Waals surface area (Å²) in [4.78, 5) is 0. The zero-order valence-electron chi connectivity index (χ0n) is 16.2. The van der Waals surface area contributed by atoms with Crippen molar-refractivity contribution in [3.05, 3.63) is 35.6 Å². The Morgan fingerprint density at radius 1 is 1.17 bits per heavy atom. The molecule has 0 aliphatic heterocycles. The topological polar surface area (TPSA) is 38.3 Å². The largest absolute Gasteiger partial charge is 0.415 e. The molecule has 0 aromatic heterocycles. The Morgan fingerprint density at radius 3 is 2.17 bits per heavy atom. The van der Waals surface area contributed by atoms with Crippen molar-refractivity contribution in [2.24, 2.45) is 0 Å². The molecule has 6 heteroatoms. The number of benzene rings is 1. The summed E-state index contributed by atoms with van der Waals surface area (Å²) >= 11 is 0. The summed E-state index contributed by atoms with van der Waals surface area (Å²) in [6.45, 7) is 16.8. The minimum atomic E-state index is -1.98. The van der Waals surface area contributed by atoms with E-state index in [9.17, 15) is 8.60 Å². The normalized spacial score (nSPS) is 16.0. The first-order chi connectivity index (χ1) is 10.8. The maximum Gasteiger partial charge on any atom is 0.192 e. The third-order valence-electron chi connectivity index (χ3n) is 4.50. The number of hydrogen-bond acceptors (Lipinski definition) is 2. The summed E-state index contributed by atoms with van der Waals surface area (Å²) < 4.78 is 35.7. The molecule has 1 N–H and O–H groups in total. The molecule has 0 aliphatic rings. The van der Waals surface area contributed by atoms with Gasteiger partial charge in [0.1, 0.15) is 5.82 Å². The maximum atomic E-state index is 14.3. The summed E-state index contributed by atoms with van der Waals surface area (Å²) in [7, 11) is -3.28. The minimum Gasteiger partial charge on any atom is -0.415 e. The van der Waals surface area contributed by atoms with Gasteiger partial charge in [-0.1, -0.05) is 39.0 Å². The predicted molar refractivity (Wildman–Crippen MR) is 103 cm³/mol. The molecule has 0 radical (unpaired) electrons. The van der Waals surface area contributed by atoms with Gasteiger partial charge < -0.3 is 4.43 Å². The SMILES string of the molecule is CC(C)(C)[S@@](=O)N[C@@H](CO[Si](C)(C)C(C)(C)C)c1ccccc1F. The Bertz CT molecular complexity index is 579. The smallest absolute Gasteiger partial charge is 0.192 e. The van der Waals surface area contributed by atoms with Crippen molar-refractivity contribution in [1.82, 2.24) is 4.72 Å². The van der Waals surface area contributed by atoms with Crippen LogP contribution in [0.2, 0.25) is 18.1 Å². The molecule has 1 aromatic rings. The molecule has 24 heavy (non-hydrogen) atoms. The second-order valence-corrected chi connectivity index (χ2v) is 15.5. The lowest BCUT2D eigenvalue weighted by molar-refractivity contribution is 0.255. The van der Waals surface area contributed by atoms with E-state index in [1.807, 2.05) is 20.8 Å². The number of hydrogen-bond donors (Lipinski definition) is 1. The van der Waals surface area contributed by atoms with Crippen LogP contribution in [0.15, 0.2) is 24.3 Å². The fourth-order valence-corrected chi connectivity index (χ4v) is 3.58. The highest BCUT2D eigenvalue weighted by molar-refractivity contribution is 7.84. The zero-order valence-corrected chi connectivity index (χ0v) is 18.0. The van der Waals surface area contributed by atoms with Crippen LogP contribution >= 0.6 is 0 Å². The van der Waals surface area contributed by atoms with Gasteiger partial charge in [0.05, 0.1) is 28.4 Å². The molecular weight excluding hydrogens is 341 g/mol. The van der Waals surface area contributed by atoms with Crippen molar-refractivity contribution in [2.45, 2.75) is 70.5 Å². The molecule has 0 unspecified atom stereocenters. The standard InChI is InChI=1S/C18H32FNO2SSi/c1-17(2,3)23(21)20-16(14-11-9-10-12-15(14)19)13-22-24(7,8)18(4,5)6/h9-12,16,20H,13H2,1-8H3/t16-,23+/m0/s1. The van der Waals surface area contributed by atoms with Crippen LogP contribution in [0.25, 0.3) is 0 Å². The molecule has 1 aromatic carbocycles. The third-order valence-corrected chi connectivity index (χ3v) is 10.6. The minimum absolute atomic E-state index is 0.0654. The van der Waals surface area contributed by atoms with Crippen LogP contribution in [0.1, 0.15) is 53.1 Å². The van der Waals surface area contributed by atoms with Gasteiger partial charge in [0, 0.05) is 5.56 Å². The van der Waals surface area contributed by atoms with Crippen LogP contribution in [0.3, 0.4) is 0 Å². The average molecular weight is 374 g/mol. The van der Waals surface area contributed by atoms with Gasteiger partial charge in [-0.3, -0.25) is 0 Å². The lowest BCUT2D eigenvalue weighted by Crippen LogP contribution is -2.44. The van der Waals surface area contributed by atoms with Crippen molar-refractivity contribution in [3.63, 3.8) is 0 Å². The Hall–Kier alpha value is -0.563. The van der Waals surface area contributed by atoms with Crippen LogP contribution < -0.4 is 4.72 Å². The van der Waals surface area contributed by atoms with E-state index in [4.69, 9.17) is 4.43 Å². The second kappa shape index (κ2) is 7.77. The molecule has 138 valence electrons. The van der Waals surface area contributed by atoms with Gasteiger partial charge in [-0.15, -0.1) is 0 Å². The Balaban J connectivity index is 3.03. The van der Waals surface area contributed by atoms with E-state index in [1.54, 1.807) is 18.2 Å². The van der Waals surface area contributed by atoms with Gasteiger partial charge in [-0.2, -0.15) is 0 Å². The highest BCUT2D eigenvalue weighted by Gasteiger charge is 2.38. The van der Waals surface area contributed by atoms with Crippen molar-refractivity contribution in [2.75, 3.05) is 6.61 Å². The first kappa shape index (κ1) is 21.5. The first-order valence-electron chi connectivity index (χ1n) is 8.32. The van der Waals surface area contributed by atoms with Gasteiger partial charge in [-0.05, 0) is 45.0 Å². The molecule has 1 rings (SSSR count). The van der Waals surface area contributed by atoms with E-state index in [-0.39, 0.29) is 10.9 Å². The van der Waals surface area contributed by atoms with E-state index in [0.717, 1.165) is 0 Å². The van der Waals surface area contributed by atoms with Crippen LogP contribution in [0.4, 0.5) is 4.39 Å². The van der Waals surface area contributed by atoms with Crippen molar-refractivity contribution >= 4 is 19.3 Å². The second-order valence-electron chi connectivity index (χ2n) is 8.64. The third kappa shape index (κ3) is 5.76. The summed E-state index contributed by atoms with van der Waals surface area (Å²) in [6.07, 6.45) is 0. The van der Waals surface area contributed by atoms with E-state index in [2.05, 4.69) is 38.6 Å². The van der Waals surface area contributed by atoms with E-state index in [1.165, 1.54) is 6.07 Å². The van der Waals surface area contributed by atoms with Crippen LogP contribution in [-0.2, 0) is 15.4 Å². The number of rotatable bonds is 6. The number of halogens is 1. The molecule has 0 saturated heterocycles. The molecule has 0 heterocycles. The molecule has 0 spiro atoms. The van der Waals surface area contributed by atoms with E-state index < -0.39 is 30.1 Å². The summed E-state index contributed by atoms with van der Waals surface area (Å²) in [5.74, 6) is -0.306. The van der Waals surface area contributed by atoms with E-state index >= 15 is 0 Å². The quantitative estimate of drug-likeness (QED) is 0.717. The van der Waals surface area contributed by atoms with Crippen molar-refractivity contribution < 1.29 is 13.0 Å². The molecule has 0 amide bonds. The predicted octanol–water partition coefficient (Wildman–Crippen LogP) is 4.94. The summed E-state index contributed by atoms with van der Waals surface area (Å²) in [5, 5.41) is 0.0654. The van der Waals surface area contributed by atoms with Gasteiger partial charge in [0.2, 0.25) is 0 Å². The lowest BCUT2D eigenvalue weighted by atomic mass is 10.1. The summed E-state index contributed by atoms with van der Waals surface area (Å²) in [5.41, 5.74) is 0.494.